The van der Waals surface area contributed by atoms with Crippen LogP contribution in [0.3, 0.4) is 0 Å². The summed E-state index contributed by atoms with van der Waals surface area (Å²) in [4.78, 5) is 10.3. The predicted molar refractivity (Wildman–Crippen MR) is 111 cm³/mol. The summed E-state index contributed by atoms with van der Waals surface area (Å²) in [5, 5.41) is 6.06. The van der Waals surface area contributed by atoms with Gasteiger partial charge >= 0.3 is 6.18 Å². The number of aromatic nitrogens is 2. The lowest BCUT2D eigenvalue weighted by atomic mass is 10.1. The number of piperazine rings is 1. The van der Waals surface area contributed by atoms with E-state index in [1.54, 1.807) is 13.0 Å². The third kappa shape index (κ3) is 4.25. The number of benzene rings is 2. The first kappa shape index (κ1) is 20.2. The summed E-state index contributed by atoms with van der Waals surface area (Å²) in [6.45, 7) is 5.64. The molecule has 1 aliphatic heterocycles. The molecule has 1 aromatic heterocycles. The number of fused-ring (bicyclic) bond motifs is 1. The van der Waals surface area contributed by atoms with Crippen molar-refractivity contribution in [3.8, 4) is 5.75 Å². The summed E-state index contributed by atoms with van der Waals surface area (Å²) in [5.74, 6) is 0.00708. The number of nitrogens with zero attached hydrogens (tertiary/aromatic N) is 3. The van der Waals surface area contributed by atoms with Gasteiger partial charge in [-0.25, -0.2) is 9.97 Å². The molecule has 1 fully saturated rings. The molecule has 1 aliphatic rings. The quantitative estimate of drug-likeness (QED) is 0.649. The highest BCUT2D eigenvalue weighted by Gasteiger charge is 2.37. The summed E-state index contributed by atoms with van der Waals surface area (Å²) < 4.78 is 46.6. The minimum Gasteiger partial charge on any atom is -0.493 e. The van der Waals surface area contributed by atoms with E-state index in [2.05, 4.69) is 25.5 Å². The highest BCUT2D eigenvalue weighted by molar-refractivity contribution is 5.89. The predicted octanol–water partition coefficient (Wildman–Crippen LogP) is 4.20. The summed E-state index contributed by atoms with van der Waals surface area (Å²) in [6, 6.07) is 12.1. The van der Waals surface area contributed by atoms with Crippen molar-refractivity contribution in [1.82, 2.24) is 15.3 Å². The zero-order chi connectivity index (χ0) is 21.1. The Morgan fingerprint density at radius 1 is 1.07 bits per heavy atom. The van der Waals surface area contributed by atoms with Gasteiger partial charge in [-0.2, -0.15) is 13.2 Å². The molecule has 2 heterocycles. The van der Waals surface area contributed by atoms with Crippen molar-refractivity contribution in [3.05, 3.63) is 48.2 Å². The lowest BCUT2D eigenvalue weighted by Gasteiger charge is -2.29. The van der Waals surface area contributed by atoms with Crippen molar-refractivity contribution >= 4 is 28.2 Å². The van der Waals surface area contributed by atoms with E-state index in [0.29, 0.717) is 5.69 Å². The van der Waals surface area contributed by atoms with Crippen LogP contribution in [-0.2, 0) is 6.18 Å². The zero-order valence-electron chi connectivity index (χ0n) is 16.5. The summed E-state index contributed by atoms with van der Waals surface area (Å²) in [5.41, 5.74) is 0.834. The number of alkyl halides is 3. The van der Waals surface area contributed by atoms with E-state index in [1.165, 1.54) is 12.1 Å². The smallest absolute Gasteiger partial charge is 0.434 e. The molecule has 6 nitrogen and oxygen atoms in total. The number of halogens is 3. The van der Waals surface area contributed by atoms with Crippen LogP contribution >= 0.6 is 0 Å². The molecule has 30 heavy (non-hydrogen) atoms. The van der Waals surface area contributed by atoms with Crippen molar-refractivity contribution in [2.45, 2.75) is 13.1 Å². The van der Waals surface area contributed by atoms with Crippen molar-refractivity contribution in [1.29, 1.82) is 0 Å². The second-order valence-corrected chi connectivity index (χ2v) is 6.89. The summed E-state index contributed by atoms with van der Waals surface area (Å²) >= 11 is 0. The number of hydrogen-bond donors (Lipinski definition) is 2. The van der Waals surface area contributed by atoms with Gasteiger partial charge in [-0.05, 0) is 43.3 Å². The molecule has 2 N–H and O–H groups in total. The van der Waals surface area contributed by atoms with E-state index < -0.39 is 11.9 Å². The van der Waals surface area contributed by atoms with Gasteiger partial charge in [0.25, 0.3) is 0 Å². The molecule has 0 radical (unpaired) electrons. The Hall–Kier alpha value is -3.07. The highest BCUT2D eigenvalue weighted by Crippen LogP contribution is 2.38. The number of anilines is 3. The maximum Gasteiger partial charge on any atom is 0.434 e. The lowest BCUT2D eigenvalue weighted by Crippen LogP contribution is -2.43. The van der Waals surface area contributed by atoms with Crippen LogP contribution in [0.25, 0.3) is 10.9 Å². The van der Waals surface area contributed by atoms with Gasteiger partial charge in [0.15, 0.2) is 5.69 Å². The van der Waals surface area contributed by atoms with Crippen LogP contribution in [-0.4, -0.2) is 42.8 Å². The third-order valence-electron chi connectivity index (χ3n) is 4.86. The van der Waals surface area contributed by atoms with Crippen LogP contribution in [0.2, 0.25) is 0 Å². The van der Waals surface area contributed by atoms with Crippen LogP contribution in [0.15, 0.2) is 42.5 Å². The maximum atomic E-state index is 13.7. The fraction of sp³-hybridized carbons (Fsp3) is 0.333. The Morgan fingerprint density at radius 3 is 2.47 bits per heavy atom. The number of nitrogens with one attached hydrogen (secondary N) is 2. The first-order chi connectivity index (χ1) is 14.5. The van der Waals surface area contributed by atoms with Crippen molar-refractivity contribution in [2.75, 3.05) is 43.0 Å². The molecule has 0 aliphatic carbocycles. The van der Waals surface area contributed by atoms with E-state index in [1.807, 2.05) is 24.3 Å². The van der Waals surface area contributed by atoms with Crippen LogP contribution in [0.5, 0.6) is 5.75 Å². The van der Waals surface area contributed by atoms with E-state index in [9.17, 15) is 13.2 Å². The van der Waals surface area contributed by atoms with E-state index in [-0.39, 0.29) is 29.2 Å². The Kier molecular flexibility index (Phi) is 5.63. The van der Waals surface area contributed by atoms with Crippen LogP contribution in [0, 0.1) is 0 Å². The SMILES string of the molecule is CCOc1cccc2nc(Nc3ccc(N4CCNCC4)cc3)nc(C(F)(F)F)c12. The average Bonchev–Trinajstić information content (AvgIpc) is 2.74. The van der Waals surface area contributed by atoms with Gasteiger partial charge in [0.1, 0.15) is 5.75 Å². The molecule has 3 aromatic rings. The van der Waals surface area contributed by atoms with Crippen molar-refractivity contribution < 1.29 is 17.9 Å². The second kappa shape index (κ2) is 8.35. The van der Waals surface area contributed by atoms with Crippen molar-refractivity contribution in [3.63, 3.8) is 0 Å². The van der Waals surface area contributed by atoms with Crippen LogP contribution in [0.4, 0.5) is 30.5 Å². The fourth-order valence-electron chi connectivity index (χ4n) is 3.50. The highest BCUT2D eigenvalue weighted by atomic mass is 19.4. The molecule has 0 saturated carbocycles. The van der Waals surface area contributed by atoms with Gasteiger partial charge in [-0.1, -0.05) is 6.07 Å². The minimum atomic E-state index is -4.64. The molecule has 0 bridgehead atoms. The third-order valence-corrected chi connectivity index (χ3v) is 4.86. The number of hydrogen-bond acceptors (Lipinski definition) is 6. The van der Waals surface area contributed by atoms with Crippen molar-refractivity contribution in [2.24, 2.45) is 0 Å². The largest absolute Gasteiger partial charge is 0.493 e. The van der Waals surface area contributed by atoms with Gasteiger partial charge in [0.05, 0.1) is 17.5 Å². The van der Waals surface area contributed by atoms with Crippen LogP contribution < -0.4 is 20.3 Å². The second-order valence-electron chi connectivity index (χ2n) is 6.89. The maximum absolute atomic E-state index is 13.7. The number of rotatable bonds is 5. The Bertz CT molecular complexity index is 1020. The molecule has 9 heteroatoms. The van der Waals surface area contributed by atoms with Gasteiger partial charge in [-0.3, -0.25) is 0 Å². The molecular formula is C21H22F3N5O. The minimum absolute atomic E-state index is 0.113. The molecule has 0 amide bonds. The molecule has 0 unspecified atom stereocenters. The Labute approximate surface area is 172 Å². The lowest BCUT2D eigenvalue weighted by molar-refractivity contribution is -0.139. The standard InChI is InChI=1S/C21H22F3N5O/c1-2-30-17-5-3-4-16-18(17)19(21(22,23)24)28-20(27-16)26-14-6-8-15(9-7-14)29-12-10-25-11-13-29/h3-9,25H,2,10-13H2,1H3,(H,26,27,28). The topological polar surface area (TPSA) is 62.3 Å². The van der Waals surface area contributed by atoms with E-state index in [0.717, 1.165) is 31.9 Å². The molecule has 158 valence electrons. The first-order valence-electron chi connectivity index (χ1n) is 9.79. The molecule has 1 saturated heterocycles. The van der Waals surface area contributed by atoms with Crippen LogP contribution in [0.1, 0.15) is 12.6 Å². The molecule has 0 spiro atoms. The van der Waals surface area contributed by atoms with E-state index in [4.69, 9.17) is 4.74 Å². The van der Waals surface area contributed by atoms with Gasteiger partial charge in [0, 0.05) is 37.6 Å². The van der Waals surface area contributed by atoms with Gasteiger partial charge < -0.3 is 20.3 Å². The summed E-state index contributed by atoms with van der Waals surface area (Å²) in [6.07, 6.45) is -4.64. The summed E-state index contributed by atoms with van der Waals surface area (Å²) in [7, 11) is 0. The molecule has 2 aromatic carbocycles. The fourth-order valence-corrected chi connectivity index (χ4v) is 3.50. The average molecular weight is 417 g/mol. The number of ether oxygens (including phenoxy) is 1. The first-order valence-corrected chi connectivity index (χ1v) is 9.79. The van der Waals surface area contributed by atoms with E-state index >= 15 is 0 Å². The Balaban J connectivity index is 1.66. The molecular weight excluding hydrogens is 395 g/mol. The normalized spacial score (nSPS) is 14.7. The Morgan fingerprint density at radius 2 is 1.80 bits per heavy atom. The molecule has 4 rings (SSSR count). The molecule has 0 atom stereocenters. The van der Waals surface area contributed by atoms with Gasteiger partial charge in [-0.15, -0.1) is 0 Å². The monoisotopic (exact) mass is 417 g/mol. The van der Waals surface area contributed by atoms with Gasteiger partial charge in [0.2, 0.25) is 5.95 Å². The zero-order valence-corrected chi connectivity index (χ0v) is 16.5.